The normalized spacial score (nSPS) is 12.9. The van der Waals surface area contributed by atoms with E-state index in [-0.39, 0.29) is 27.9 Å². The first-order chi connectivity index (χ1) is 13.9. The number of hydrogen-bond acceptors (Lipinski definition) is 5. The molecular formula is C17H15BrF5N2O3PS. The van der Waals surface area contributed by atoms with Crippen molar-refractivity contribution in [2.75, 3.05) is 6.61 Å². The van der Waals surface area contributed by atoms with Crippen molar-refractivity contribution in [3.8, 4) is 17.0 Å². The van der Waals surface area contributed by atoms with Crippen LogP contribution in [0.4, 0.5) is 22.0 Å². The summed E-state index contributed by atoms with van der Waals surface area (Å²) in [6, 6.07) is 3.11. The number of hydrogen-bond donors (Lipinski definition) is 3. The van der Waals surface area contributed by atoms with E-state index < -0.39 is 31.5 Å². The van der Waals surface area contributed by atoms with Crippen LogP contribution in [0.15, 0.2) is 22.8 Å². The Kier molecular flexibility index (Phi) is 6.74. The van der Waals surface area contributed by atoms with E-state index in [1.165, 1.54) is 12.3 Å². The van der Waals surface area contributed by atoms with Gasteiger partial charge in [-0.15, -0.1) is 11.3 Å². The van der Waals surface area contributed by atoms with Gasteiger partial charge in [-0.2, -0.15) is 22.0 Å². The standard InChI is InChI=1S/C17H15BrF5N2O3PS/c1-8-24-7-11(25-8)9-5-10-13(18)15(17(22,23)29(26)27)30-14(10)12(6-9)28-4-2-3-16(19,20)21/h5-7,26-27H,2-4H2,1H3,(H,24,25). The summed E-state index contributed by atoms with van der Waals surface area (Å²) in [7, 11) is -3.59. The van der Waals surface area contributed by atoms with Gasteiger partial charge in [-0.3, -0.25) is 0 Å². The third-order valence-electron chi connectivity index (χ3n) is 4.10. The van der Waals surface area contributed by atoms with Crippen LogP contribution in [0.3, 0.4) is 0 Å². The number of nitrogens with one attached hydrogen (secondary N) is 1. The third kappa shape index (κ3) is 4.94. The predicted molar refractivity (Wildman–Crippen MR) is 108 cm³/mol. The number of nitrogens with zero attached hydrogens (tertiary/aromatic N) is 1. The van der Waals surface area contributed by atoms with Gasteiger partial charge in [0.05, 0.1) is 28.1 Å². The van der Waals surface area contributed by atoms with Crippen LogP contribution in [0.5, 0.6) is 5.75 Å². The number of benzene rings is 1. The van der Waals surface area contributed by atoms with Crippen molar-refractivity contribution in [3.05, 3.63) is 33.5 Å². The van der Waals surface area contributed by atoms with Crippen molar-refractivity contribution < 1.29 is 36.5 Å². The van der Waals surface area contributed by atoms with Crippen molar-refractivity contribution in [3.63, 3.8) is 0 Å². The van der Waals surface area contributed by atoms with Gasteiger partial charge in [0.1, 0.15) is 11.6 Å². The lowest BCUT2D eigenvalue weighted by molar-refractivity contribution is -0.136. The zero-order valence-corrected chi connectivity index (χ0v) is 18.5. The van der Waals surface area contributed by atoms with Gasteiger partial charge in [0.15, 0.2) is 0 Å². The molecule has 5 nitrogen and oxygen atoms in total. The molecule has 0 saturated heterocycles. The fourth-order valence-electron chi connectivity index (χ4n) is 2.71. The molecule has 2 aromatic heterocycles. The number of thiophene rings is 1. The number of alkyl halides is 5. The molecule has 0 saturated carbocycles. The molecule has 13 heteroatoms. The Balaban J connectivity index is 2.06. The number of aromatic amines is 1. The Morgan fingerprint density at radius 1 is 1.23 bits per heavy atom. The average Bonchev–Trinajstić information content (AvgIpc) is 3.22. The number of halogens is 6. The molecule has 0 spiro atoms. The van der Waals surface area contributed by atoms with E-state index in [1.807, 2.05) is 0 Å². The fourth-order valence-corrected chi connectivity index (χ4v) is 5.49. The Bertz CT molecular complexity index is 1050. The van der Waals surface area contributed by atoms with Gasteiger partial charge in [0.2, 0.25) is 8.38 Å². The van der Waals surface area contributed by atoms with Crippen molar-refractivity contribution in [2.45, 2.75) is 31.6 Å². The average molecular weight is 533 g/mol. The summed E-state index contributed by atoms with van der Waals surface area (Å²) in [6.45, 7) is 1.45. The Labute approximate surface area is 180 Å². The summed E-state index contributed by atoms with van der Waals surface area (Å²) in [5, 5.41) is 0.307. The molecule has 0 unspecified atom stereocenters. The molecule has 0 radical (unpaired) electrons. The highest BCUT2D eigenvalue weighted by molar-refractivity contribution is 9.10. The maximum absolute atomic E-state index is 14.3. The summed E-state index contributed by atoms with van der Waals surface area (Å²) in [6.07, 6.45) is -4.13. The summed E-state index contributed by atoms with van der Waals surface area (Å²) >= 11 is 3.68. The quantitative estimate of drug-likeness (QED) is 0.186. The second-order valence-electron chi connectivity index (χ2n) is 6.38. The van der Waals surface area contributed by atoms with Gasteiger partial charge in [-0.1, -0.05) is 0 Å². The SMILES string of the molecule is Cc1ncc(-c2cc(OCCCC(F)(F)F)c3sc(C(F)(F)P(O)O)c(Br)c3c2)[nH]1. The highest BCUT2D eigenvalue weighted by Crippen LogP contribution is 2.58. The fraction of sp³-hybridized carbons (Fsp3) is 0.353. The number of ether oxygens (including phenoxy) is 1. The molecule has 1 aromatic carbocycles. The number of H-pyrrole nitrogens is 1. The van der Waals surface area contributed by atoms with Crippen LogP contribution >= 0.6 is 35.6 Å². The van der Waals surface area contributed by atoms with Gasteiger partial charge < -0.3 is 19.5 Å². The number of rotatable bonds is 7. The van der Waals surface area contributed by atoms with E-state index >= 15 is 0 Å². The smallest absolute Gasteiger partial charge is 0.389 e. The molecule has 3 rings (SSSR count). The van der Waals surface area contributed by atoms with E-state index in [2.05, 4.69) is 25.9 Å². The first-order valence-electron chi connectivity index (χ1n) is 8.44. The van der Waals surface area contributed by atoms with Crippen LogP contribution in [0.1, 0.15) is 23.5 Å². The molecule has 0 aliphatic heterocycles. The Morgan fingerprint density at radius 2 is 1.93 bits per heavy atom. The minimum atomic E-state index is -4.32. The maximum Gasteiger partial charge on any atom is 0.389 e. The van der Waals surface area contributed by atoms with Gasteiger partial charge in [-0.05, 0) is 41.4 Å². The number of aromatic nitrogens is 2. The zero-order valence-electron chi connectivity index (χ0n) is 15.2. The van der Waals surface area contributed by atoms with Crippen molar-refractivity contribution >= 4 is 45.7 Å². The van der Waals surface area contributed by atoms with Gasteiger partial charge in [-0.25, -0.2) is 4.98 Å². The maximum atomic E-state index is 14.3. The summed E-state index contributed by atoms with van der Waals surface area (Å²) in [4.78, 5) is 24.8. The number of imidazole rings is 1. The second kappa shape index (κ2) is 8.66. The lowest BCUT2D eigenvalue weighted by atomic mass is 10.1. The van der Waals surface area contributed by atoms with E-state index in [4.69, 9.17) is 14.5 Å². The number of aryl methyl sites for hydroxylation is 1. The first-order valence-corrected chi connectivity index (χ1v) is 11.3. The summed E-state index contributed by atoms with van der Waals surface area (Å²) in [5.74, 6) is 0.727. The van der Waals surface area contributed by atoms with E-state index in [1.54, 1.807) is 13.0 Å². The summed E-state index contributed by atoms with van der Waals surface area (Å²) in [5.41, 5.74) is -2.80. The van der Waals surface area contributed by atoms with E-state index in [9.17, 15) is 22.0 Å². The largest absolute Gasteiger partial charge is 0.492 e. The van der Waals surface area contributed by atoms with Gasteiger partial charge in [0.25, 0.3) is 0 Å². The minimum absolute atomic E-state index is 0.0404. The number of fused-ring (bicyclic) bond motifs is 1. The van der Waals surface area contributed by atoms with E-state index in [0.717, 1.165) is 0 Å². The minimum Gasteiger partial charge on any atom is -0.492 e. The van der Waals surface area contributed by atoms with Crippen molar-refractivity contribution in [2.24, 2.45) is 0 Å². The van der Waals surface area contributed by atoms with Crippen molar-refractivity contribution in [1.82, 2.24) is 9.97 Å². The molecule has 30 heavy (non-hydrogen) atoms. The van der Waals surface area contributed by atoms with Gasteiger partial charge >= 0.3 is 11.8 Å². The van der Waals surface area contributed by atoms with E-state index in [0.29, 0.717) is 33.8 Å². The molecule has 2 heterocycles. The molecule has 0 fully saturated rings. The zero-order chi connectivity index (χ0) is 22.3. The molecule has 3 aromatic rings. The Hall–Kier alpha value is -1.33. The van der Waals surface area contributed by atoms with Crippen LogP contribution in [-0.4, -0.2) is 32.5 Å². The molecule has 0 atom stereocenters. The molecule has 0 amide bonds. The van der Waals surface area contributed by atoms with Crippen molar-refractivity contribution in [1.29, 1.82) is 0 Å². The lowest BCUT2D eigenvalue weighted by Gasteiger charge is -2.15. The molecular weight excluding hydrogens is 518 g/mol. The molecule has 3 N–H and O–H groups in total. The monoisotopic (exact) mass is 532 g/mol. The summed E-state index contributed by atoms with van der Waals surface area (Å²) < 4.78 is 71.5. The molecule has 164 valence electrons. The molecule has 0 bridgehead atoms. The lowest BCUT2D eigenvalue weighted by Crippen LogP contribution is -2.09. The van der Waals surface area contributed by atoms with Crippen LogP contribution in [0.2, 0.25) is 0 Å². The highest BCUT2D eigenvalue weighted by atomic mass is 79.9. The van der Waals surface area contributed by atoms with Gasteiger partial charge in [0, 0.05) is 21.8 Å². The predicted octanol–water partition coefficient (Wildman–Crippen LogP) is 6.43. The molecule has 0 aliphatic rings. The van der Waals surface area contributed by atoms with Crippen LogP contribution in [0, 0.1) is 6.92 Å². The molecule has 0 aliphatic carbocycles. The topological polar surface area (TPSA) is 78.4 Å². The van der Waals surface area contributed by atoms with Crippen LogP contribution in [-0.2, 0) is 5.66 Å². The third-order valence-corrected chi connectivity index (χ3v) is 7.35. The van der Waals surface area contributed by atoms with Crippen LogP contribution in [0.25, 0.3) is 21.3 Å². The first kappa shape index (κ1) is 23.3. The highest BCUT2D eigenvalue weighted by Gasteiger charge is 2.45. The second-order valence-corrected chi connectivity index (χ2v) is 9.33. The van der Waals surface area contributed by atoms with Crippen LogP contribution < -0.4 is 4.74 Å². The Morgan fingerprint density at radius 3 is 2.50 bits per heavy atom.